The second kappa shape index (κ2) is 6.57. The number of hydrogen-bond donors (Lipinski definition) is 0. The van der Waals surface area contributed by atoms with Gasteiger partial charge in [0.05, 0.1) is 0 Å². The number of piperidine rings is 2. The summed E-state index contributed by atoms with van der Waals surface area (Å²) in [6.07, 6.45) is 5.72. The van der Waals surface area contributed by atoms with Crippen molar-refractivity contribution in [3.05, 3.63) is 0 Å². The molecule has 0 N–H and O–H groups in total. The van der Waals surface area contributed by atoms with Crippen LogP contribution in [0.5, 0.6) is 0 Å². The first-order valence-corrected chi connectivity index (χ1v) is 8.41. The maximum absolute atomic E-state index is 12.6. The lowest BCUT2D eigenvalue weighted by Gasteiger charge is -2.41. The van der Waals surface area contributed by atoms with Crippen LogP contribution in [0.4, 0.5) is 0 Å². The topological polar surface area (TPSA) is 23.6 Å². The highest BCUT2D eigenvalue weighted by Gasteiger charge is 2.35. The normalized spacial score (nSPS) is 25.0. The second-order valence-corrected chi connectivity index (χ2v) is 7.45. The second-order valence-electron chi connectivity index (χ2n) is 7.45. The monoisotopic (exact) mass is 280 g/mol. The van der Waals surface area contributed by atoms with E-state index in [1.165, 1.54) is 25.9 Å². The first-order chi connectivity index (χ1) is 9.44. The van der Waals surface area contributed by atoms with Gasteiger partial charge in [-0.25, -0.2) is 0 Å². The fourth-order valence-electron chi connectivity index (χ4n) is 3.61. The van der Waals surface area contributed by atoms with Gasteiger partial charge in [0.25, 0.3) is 0 Å². The van der Waals surface area contributed by atoms with Gasteiger partial charge in [-0.15, -0.1) is 0 Å². The maximum atomic E-state index is 12.6. The molecule has 0 bridgehead atoms. The average Bonchev–Trinajstić information content (AvgIpc) is 2.47. The van der Waals surface area contributed by atoms with Gasteiger partial charge in [0.15, 0.2) is 0 Å². The summed E-state index contributed by atoms with van der Waals surface area (Å²) >= 11 is 0. The number of nitrogens with zero attached hydrogens (tertiary/aromatic N) is 2. The Kier molecular flexibility index (Phi) is 5.25. The molecule has 0 aromatic carbocycles. The maximum Gasteiger partial charge on any atom is 0.141 e. The molecule has 20 heavy (non-hydrogen) atoms. The van der Waals surface area contributed by atoms with Crippen LogP contribution in [0.15, 0.2) is 0 Å². The molecule has 0 atom stereocenters. The highest BCUT2D eigenvalue weighted by atomic mass is 16.1. The van der Waals surface area contributed by atoms with Crippen LogP contribution in [-0.4, -0.2) is 54.9 Å². The molecule has 2 aliphatic rings. The van der Waals surface area contributed by atoms with Crippen LogP contribution >= 0.6 is 0 Å². The Morgan fingerprint density at radius 1 is 1.05 bits per heavy atom. The van der Waals surface area contributed by atoms with Crippen molar-refractivity contribution in [1.29, 1.82) is 0 Å². The number of carbonyl (C=O) groups is 1. The van der Waals surface area contributed by atoms with Gasteiger partial charge in [0, 0.05) is 17.4 Å². The zero-order chi connectivity index (χ0) is 14.8. The van der Waals surface area contributed by atoms with E-state index in [-0.39, 0.29) is 5.41 Å². The van der Waals surface area contributed by atoms with Crippen molar-refractivity contribution in [2.45, 2.75) is 58.9 Å². The van der Waals surface area contributed by atoms with Crippen LogP contribution < -0.4 is 0 Å². The van der Waals surface area contributed by atoms with Crippen molar-refractivity contribution in [2.24, 2.45) is 11.3 Å². The van der Waals surface area contributed by atoms with Crippen molar-refractivity contribution in [3.63, 3.8) is 0 Å². The zero-order valence-electron chi connectivity index (χ0n) is 13.8. The van der Waals surface area contributed by atoms with Gasteiger partial charge in [-0.3, -0.25) is 4.79 Å². The Balaban J connectivity index is 1.82. The van der Waals surface area contributed by atoms with E-state index in [1.807, 2.05) is 0 Å². The quantitative estimate of drug-likeness (QED) is 0.791. The molecule has 0 unspecified atom stereocenters. The van der Waals surface area contributed by atoms with E-state index in [2.05, 4.69) is 37.6 Å². The van der Waals surface area contributed by atoms with Crippen LogP contribution in [0.2, 0.25) is 0 Å². The Bertz CT molecular complexity index is 324. The number of ketones is 1. The van der Waals surface area contributed by atoms with Crippen molar-refractivity contribution >= 4 is 5.78 Å². The zero-order valence-corrected chi connectivity index (χ0v) is 13.8. The molecule has 0 aromatic rings. The Labute approximate surface area is 124 Å². The van der Waals surface area contributed by atoms with Crippen LogP contribution in [0.3, 0.4) is 0 Å². The van der Waals surface area contributed by atoms with Gasteiger partial charge in [0.1, 0.15) is 5.78 Å². The van der Waals surface area contributed by atoms with Crippen LogP contribution in [0, 0.1) is 11.3 Å². The molecule has 116 valence electrons. The number of hydrogen-bond acceptors (Lipinski definition) is 3. The lowest BCUT2D eigenvalue weighted by Crippen LogP contribution is -2.48. The summed E-state index contributed by atoms with van der Waals surface area (Å²) in [7, 11) is 2.22. The predicted octanol–water partition coefficient (Wildman–Crippen LogP) is 2.80. The van der Waals surface area contributed by atoms with Gasteiger partial charge in [-0.2, -0.15) is 0 Å². The molecule has 3 heteroatoms. The van der Waals surface area contributed by atoms with E-state index in [4.69, 9.17) is 0 Å². The summed E-state index contributed by atoms with van der Waals surface area (Å²) in [5.41, 5.74) is -0.125. The molecule has 2 saturated heterocycles. The molecule has 0 aliphatic carbocycles. The van der Waals surface area contributed by atoms with Crippen LogP contribution in [0.25, 0.3) is 0 Å². The lowest BCUT2D eigenvalue weighted by atomic mass is 9.76. The third kappa shape index (κ3) is 3.62. The van der Waals surface area contributed by atoms with Gasteiger partial charge in [0.2, 0.25) is 0 Å². The average molecular weight is 280 g/mol. The third-order valence-electron chi connectivity index (χ3n) is 5.66. The minimum Gasteiger partial charge on any atom is -0.306 e. The standard InChI is InChI=1S/C17H32N2O/c1-5-17(2,3)16(20)14-6-12-19(13-7-14)15-8-10-18(4)11-9-15/h14-15H,5-13H2,1-4H3. The molecule has 3 nitrogen and oxygen atoms in total. The molecule has 2 heterocycles. The molecule has 0 radical (unpaired) electrons. The fraction of sp³-hybridized carbons (Fsp3) is 0.941. The van der Waals surface area contributed by atoms with Crippen molar-refractivity contribution in [1.82, 2.24) is 9.80 Å². The van der Waals surface area contributed by atoms with Crippen LogP contribution in [0.1, 0.15) is 52.9 Å². The highest BCUT2D eigenvalue weighted by molar-refractivity contribution is 5.86. The minimum absolute atomic E-state index is 0.125. The van der Waals surface area contributed by atoms with E-state index in [0.29, 0.717) is 11.7 Å². The Morgan fingerprint density at radius 3 is 2.10 bits per heavy atom. The molecular weight excluding hydrogens is 248 g/mol. The highest BCUT2D eigenvalue weighted by Crippen LogP contribution is 2.31. The lowest BCUT2D eigenvalue weighted by molar-refractivity contribution is -0.133. The molecule has 0 spiro atoms. The number of likely N-dealkylation sites (tertiary alicyclic amines) is 2. The van der Waals surface area contributed by atoms with Gasteiger partial charge in [-0.05, 0) is 65.3 Å². The predicted molar refractivity (Wildman–Crippen MR) is 83.9 cm³/mol. The number of rotatable bonds is 4. The largest absolute Gasteiger partial charge is 0.306 e. The molecule has 0 saturated carbocycles. The van der Waals surface area contributed by atoms with E-state index >= 15 is 0 Å². The summed E-state index contributed by atoms with van der Waals surface area (Å²) < 4.78 is 0. The SMILES string of the molecule is CCC(C)(C)C(=O)C1CCN(C2CCN(C)CC2)CC1. The summed E-state index contributed by atoms with van der Waals surface area (Å²) in [4.78, 5) is 17.6. The summed E-state index contributed by atoms with van der Waals surface area (Å²) in [6, 6.07) is 0.765. The summed E-state index contributed by atoms with van der Waals surface area (Å²) in [6.45, 7) is 11.1. The Morgan fingerprint density at radius 2 is 1.60 bits per heavy atom. The molecule has 0 aromatic heterocycles. The molecular formula is C17H32N2O. The van der Waals surface area contributed by atoms with E-state index in [0.717, 1.165) is 38.4 Å². The van der Waals surface area contributed by atoms with Crippen molar-refractivity contribution in [2.75, 3.05) is 33.2 Å². The van der Waals surface area contributed by atoms with Crippen LogP contribution in [-0.2, 0) is 4.79 Å². The first-order valence-electron chi connectivity index (χ1n) is 8.41. The molecule has 2 aliphatic heterocycles. The van der Waals surface area contributed by atoms with E-state index < -0.39 is 0 Å². The molecule has 2 rings (SSSR count). The van der Waals surface area contributed by atoms with E-state index in [1.54, 1.807) is 0 Å². The number of Topliss-reactive ketones (excluding diaryl/α,β-unsaturated/α-hetero) is 1. The fourth-order valence-corrected chi connectivity index (χ4v) is 3.61. The summed E-state index contributed by atoms with van der Waals surface area (Å²) in [5, 5.41) is 0. The minimum atomic E-state index is -0.125. The first kappa shape index (κ1) is 16.0. The van der Waals surface area contributed by atoms with Gasteiger partial charge >= 0.3 is 0 Å². The smallest absolute Gasteiger partial charge is 0.141 e. The number of carbonyl (C=O) groups excluding carboxylic acids is 1. The Hall–Kier alpha value is -0.410. The van der Waals surface area contributed by atoms with Crippen molar-refractivity contribution < 1.29 is 4.79 Å². The molecule has 0 amide bonds. The van der Waals surface area contributed by atoms with Gasteiger partial charge in [-0.1, -0.05) is 20.8 Å². The van der Waals surface area contributed by atoms with E-state index in [9.17, 15) is 4.79 Å². The molecule has 2 fully saturated rings. The summed E-state index contributed by atoms with van der Waals surface area (Å²) in [5.74, 6) is 0.815. The third-order valence-corrected chi connectivity index (χ3v) is 5.66. The van der Waals surface area contributed by atoms with Crippen molar-refractivity contribution in [3.8, 4) is 0 Å². The van der Waals surface area contributed by atoms with Gasteiger partial charge < -0.3 is 9.80 Å².